The van der Waals surface area contributed by atoms with Gasteiger partial charge in [0.25, 0.3) is 5.82 Å². The van der Waals surface area contributed by atoms with Gasteiger partial charge in [-0.25, -0.2) is 13.2 Å². The van der Waals surface area contributed by atoms with Gasteiger partial charge in [-0.05, 0) is 18.5 Å². The number of aromatic carboxylic acids is 1. The van der Waals surface area contributed by atoms with Crippen LogP contribution in [0, 0.1) is 0 Å². The van der Waals surface area contributed by atoms with Crippen molar-refractivity contribution in [2.75, 3.05) is 11.5 Å². The molecule has 16 heavy (non-hydrogen) atoms. The summed E-state index contributed by atoms with van der Waals surface area (Å²) in [4.78, 5) is 14.2. The Morgan fingerprint density at radius 2 is 2.25 bits per heavy atom. The maximum Gasteiger partial charge on any atom is 0.377 e. The fourth-order valence-electron chi connectivity index (χ4n) is 1.73. The minimum Gasteiger partial charge on any atom is -0.475 e. The van der Waals surface area contributed by atoms with Crippen molar-refractivity contribution in [2.24, 2.45) is 0 Å². The number of nitrogens with zero attached hydrogens (tertiary/aromatic N) is 2. The molecule has 0 bridgehead atoms. The largest absolute Gasteiger partial charge is 0.475 e. The lowest BCUT2D eigenvalue weighted by Gasteiger charge is -2.15. The topological polar surface area (TPSA) is 110 Å². The highest BCUT2D eigenvalue weighted by molar-refractivity contribution is 7.91. The number of carboxylic acid groups (broad SMARTS) is 1. The molecule has 1 N–H and O–H groups in total. The molecule has 88 valence electrons. The average Bonchev–Trinajstić information content (AvgIpc) is 2.71. The SMILES string of the molecule is CC1(c2nc(C(=O)O)no2)CCS(=O)(=O)C1. The molecule has 1 unspecified atom stereocenters. The van der Waals surface area contributed by atoms with Gasteiger partial charge in [0.05, 0.1) is 16.9 Å². The average molecular weight is 246 g/mol. The fraction of sp³-hybridized carbons (Fsp3) is 0.625. The Hall–Kier alpha value is -1.44. The Morgan fingerprint density at radius 1 is 1.56 bits per heavy atom. The summed E-state index contributed by atoms with van der Waals surface area (Å²) >= 11 is 0. The third-order valence-corrected chi connectivity index (χ3v) is 4.54. The molecular formula is C8H10N2O5S. The lowest BCUT2D eigenvalue weighted by molar-refractivity contribution is 0.0680. The first kappa shape index (κ1) is 11.1. The molecule has 8 heteroatoms. The second-order valence-corrected chi connectivity index (χ2v) is 6.32. The van der Waals surface area contributed by atoms with Crippen molar-refractivity contribution < 1.29 is 22.8 Å². The number of carboxylic acids is 1. The van der Waals surface area contributed by atoms with Crippen molar-refractivity contribution in [1.82, 2.24) is 10.1 Å². The van der Waals surface area contributed by atoms with Crippen molar-refractivity contribution >= 4 is 15.8 Å². The van der Waals surface area contributed by atoms with Gasteiger partial charge in [0.1, 0.15) is 0 Å². The van der Waals surface area contributed by atoms with Crippen LogP contribution in [0.25, 0.3) is 0 Å². The smallest absolute Gasteiger partial charge is 0.377 e. The Labute approximate surface area is 91.4 Å². The molecule has 1 saturated heterocycles. The molecule has 0 saturated carbocycles. The molecule has 1 aliphatic heterocycles. The molecular weight excluding hydrogens is 236 g/mol. The van der Waals surface area contributed by atoms with E-state index in [1.807, 2.05) is 0 Å². The van der Waals surface area contributed by atoms with E-state index < -0.39 is 27.0 Å². The van der Waals surface area contributed by atoms with Gasteiger partial charge < -0.3 is 9.63 Å². The van der Waals surface area contributed by atoms with E-state index in [4.69, 9.17) is 9.63 Å². The first-order chi connectivity index (χ1) is 7.32. The number of carbonyl (C=O) groups is 1. The third-order valence-electron chi connectivity index (χ3n) is 2.64. The summed E-state index contributed by atoms with van der Waals surface area (Å²) in [5.41, 5.74) is -0.764. The predicted octanol–water partition coefficient (Wildman–Crippen LogP) is -0.156. The molecule has 2 rings (SSSR count). The van der Waals surface area contributed by atoms with Crippen molar-refractivity contribution in [3.8, 4) is 0 Å². The van der Waals surface area contributed by atoms with Crippen LogP contribution in [-0.4, -0.2) is 41.1 Å². The number of hydrogen-bond donors (Lipinski definition) is 1. The quantitative estimate of drug-likeness (QED) is 0.772. The van der Waals surface area contributed by atoms with Crippen LogP contribution in [0.1, 0.15) is 29.9 Å². The second-order valence-electron chi connectivity index (χ2n) is 4.13. The molecule has 1 fully saturated rings. The lowest BCUT2D eigenvalue weighted by Crippen LogP contribution is -2.24. The highest BCUT2D eigenvalue weighted by Crippen LogP contribution is 2.34. The number of rotatable bonds is 2. The van der Waals surface area contributed by atoms with Gasteiger partial charge >= 0.3 is 5.97 Å². The Morgan fingerprint density at radius 3 is 2.69 bits per heavy atom. The van der Waals surface area contributed by atoms with Crippen molar-refractivity contribution in [2.45, 2.75) is 18.8 Å². The second kappa shape index (κ2) is 3.27. The van der Waals surface area contributed by atoms with E-state index in [1.54, 1.807) is 6.92 Å². The van der Waals surface area contributed by atoms with E-state index in [-0.39, 0.29) is 17.4 Å². The first-order valence-electron chi connectivity index (χ1n) is 4.60. The number of aromatic nitrogens is 2. The first-order valence-corrected chi connectivity index (χ1v) is 6.42. The van der Waals surface area contributed by atoms with Crippen molar-refractivity contribution in [3.05, 3.63) is 11.7 Å². The zero-order valence-electron chi connectivity index (χ0n) is 8.50. The van der Waals surface area contributed by atoms with Crippen LogP contribution in [0.15, 0.2) is 4.52 Å². The molecule has 0 aromatic carbocycles. The van der Waals surface area contributed by atoms with Crippen LogP contribution in [0.4, 0.5) is 0 Å². The molecule has 0 amide bonds. The van der Waals surface area contributed by atoms with E-state index in [2.05, 4.69) is 10.1 Å². The number of sulfone groups is 1. The van der Waals surface area contributed by atoms with Crippen LogP contribution >= 0.6 is 0 Å². The molecule has 0 spiro atoms. The predicted molar refractivity (Wildman–Crippen MR) is 51.9 cm³/mol. The summed E-state index contributed by atoms with van der Waals surface area (Å²) in [6.45, 7) is 1.68. The minimum atomic E-state index is -3.09. The standard InChI is InChI=1S/C8H10N2O5S/c1-8(2-3-16(13,14)4-8)7-9-5(6(11)12)10-15-7/h2-4H2,1H3,(H,11,12). The molecule has 0 aliphatic carbocycles. The lowest BCUT2D eigenvalue weighted by atomic mass is 9.90. The molecule has 1 atom stereocenters. The minimum absolute atomic E-state index is 0.0638. The van der Waals surface area contributed by atoms with Gasteiger partial charge in [-0.3, -0.25) is 0 Å². The van der Waals surface area contributed by atoms with E-state index >= 15 is 0 Å². The maximum absolute atomic E-state index is 11.4. The molecule has 2 heterocycles. The van der Waals surface area contributed by atoms with Gasteiger partial charge in [-0.2, -0.15) is 4.98 Å². The summed E-state index contributed by atoms with van der Waals surface area (Å²) in [6, 6.07) is 0. The van der Waals surface area contributed by atoms with Gasteiger partial charge in [0.15, 0.2) is 9.84 Å². The third kappa shape index (κ3) is 1.80. The van der Waals surface area contributed by atoms with Crippen LogP contribution in [0.2, 0.25) is 0 Å². The van der Waals surface area contributed by atoms with Crippen LogP contribution in [-0.2, 0) is 15.3 Å². The normalized spacial score (nSPS) is 28.1. The Bertz CT molecular complexity index is 534. The van der Waals surface area contributed by atoms with Crippen molar-refractivity contribution in [1.29, 1.82) is 0 Å². The highest BCUT2D eigenvalue weighted by atomic mass is 32.2. The van der Waals surface area contributed by atoms with Gasteiger partial charge in [-0.1, -0.05) is 0 Å². The summed E-state index contributed by atoms with van der Waals surface area (Å²) in [7, 11) is -3.09. The van der Waals surface area contributed by atoms with Gasteiger partial charge in [-0.15, -0.1) is 0 Å². The van der Waals surface area contributed by atoms with Gasteiger partial charge in [0.2, 0.25) is 5.89 Å². The molecule has 7 nitrogen and oxygen atoms in total. The highest BCUT2D eigenvalue weighted by Gasteiger charge is 2.44. The summed E-state index contributed by atoms with van der Waals surface area (Å²) in [5.74, 6) is -1.68. The van der Waals surface area contributed by atoms with Crippen molar-refractivity contribution in [3.63, 3.8) is 0 Å². The number of hydrogen-bond acceptors (Lipinski definition) is 6. The van der Waals surface area contributed by atoms with Crippen LogP contribution in [0.5, 0.6) is 0 Å². The summed E-state index contributed by atoms with van der Waals surface area (Å²) in [6.07, 6.45) is 0.372. The zero-order valence-corrected chi connectivity index (χ0v) is 9.32. The van der Waals surface area contributed by atoms with Gasteiger partial charge in [0, 0.05) is 0 Å². The van der Waals surface area contributed by atoms with E-state index in [9.17, 15) is 13.2 Å². The van der Waals surface area contributed by atoms with E-state index in [0.29, 0.717) is 6.42 Å². The Kier molecular flexibility index (Phi) is 2.26. The van der Waals surface area contributed by atoms with Crippen LogP contribution in [0.3, 0.4) is 0 Å². The van der Waals surface area contributed by atoms with Crippen LogP contribution < -0.4 is 0 Å². The monoisotopic (exact) mass is 246 g/mol. The maximum atomic E-state index is 11.4. The Balaban J connectivity index is 2.34. The fourth-order valence-corrected chi connectivity index (χ4v) is 3.88. The summed E-state index contributed by atoms with van der Waals surface area (Å²) in [5, 5.41) is 11.9. The molecule has 1 aromatic heterocycles. The molecule has 1 aliphatic rings. The van der Waals surface area contributed by atoms with E-state index in [1.165, 1.54) is 0 Å². The molecule has 1 aromatic rings. The zero-order chi connectivity index (χ0) is 12.0. The summed E-state index contributed by atoms with van der Waals surface area (Å²) < 4.78 is 27.5. The van der Waals surface area contributed by atoms with E-state index in [0.717, 1.165) is 0 Å². The molecule has 0 radical (unpaired) electrons.